The monoisotopic (exact) mass is 295 g/mol. The van der Waals surface area contributed by atoms with Crippen LogP contribution in [0, 0.1) is 0 Å². The zero-order valence-electron chi connectivity index (χ0n) is 10.2. The van der Waals surface area contributed by atoms with E-state index in [-0.39, 0.29) is 0 Å². The van der Waals surface area contributed by atoms with E-state index in [2.05, 4.69) is 46.0 Å². The Balaban J connectivity index is 1.57. The molecule has 0 spiro atoms. The number of thioether (sulfide) groups is 1. The summed E-state index contributed by atoms with van der Waals surface area (Å²) >= 11 is 5.78. The van der Waals surface area contributed by atoms with Crippen LogP contribution >= 0.6 is 34.4 Å². The molecule has 0 aromatic carbocycles. The van der Waals surface area contributed by atoms with Gasteiger partial charge >= 0.3 is 0 Å². The fourth-order valence-electron chi connectivity index (χ4n) is 2.19. The van der Waals surface area contributed by atoms with Gasteiger partial charge in [-0.2, -0.15) is 11.8 Å². The third-order valence-electron chi connectivity index (χ3n) is 3.18. The van der Waals surface area contributed by atoms with Crippen molar-refractivity contribution < 1.29 is 0 Å². The lowest BCUT2D eigenvalue weighted by Gasteiger charge is -2.22. The first kappa shape index (κ1) is 12.7. The summed E-state index contributed by atoms with van der Waals surface area (Å²) in [5, 5.41) is 8.11. The molecule has 1 N–H and O–H groups in total. The van der Waals surface area contributed by atoms with Gasteiger partial charge in [-0.25, -0.2) is 0 Å². The van der Waals surface area contributed by atoms with Crippen molar-refractivity contribution >= 4 is 34.4 Å². The molecule has 96 valence electrons. The highest BCUT2D eigenvalue weighted by molar-refractivity contribution is 7.99. The predicted octanol–water partition coefficient (Wildman–Crippen LogP) is 4.46. The van der Waals surface area contributed by atoms with Crippen LogP contribution in [0.15, 0.2) is 29.0 Å². The van der Waals surface area contributed by atoms with E-state index in [1.807, 2.05) is 22.7 Å². The Labute approximate surface area is 121 Å². The first-order valence-electron chi connectivity index (χ1n) is 6.34. The van der Waals surface area contributed by atoms with Crippen molar-refractivity contribution in [1.82, 2.24) is 5.32 Å². The number of hydrogen-bond acceptors (Lipinski definition) is 4. The smallest absolute Gasteiger partial charge is 0.0351 e. The van der Waals surface area contributed by atoms with E-state index in [0.29, 0.717) is 0 Å². The third kappa shape index (κ3) is 3.18. The molecule has 1 aliphatic heterocycles. The van der Waals surface area contributed by atoms with Crippen LogP contribution in [0.3, 0.4) is 0 Å². The topological polar surface area (TPSA) is 12.0 Å². The number of nitrogens with one attached hydrogen (secondary N) is 1. The highest BCUT2D eigenvalue weighted by atomic mass is 32.2. The van der Waals surface area contributed by atoms with E-state index in [0.717, 1.165) is 12.6 Å². The Morgan fingerprint density at radius 2 is 2.33 bits per heavy atom. The Hall–Kier alpha value is -0.290. The molecule has 2 aromatic heterocycles. The SMILES string of the molecule is c1csc(-c2csc(CNC3CCCSC3)c2)c1. The van der Waals surface area contributed by atoms with Crippen LogP contribution in [0.5, 0.6) is 0 Å². The van der Waals surface area contributed by atoms with Crippen molar-refractivity contribution in [3.05, 3.63) is 33.8 Å². The van der Waals surface area contributed by atoms with Crippen LogP contribution in [-0.2, 0) is 6.54 Å². The van der Waals surface area contributed by atoms with Gasteiger partial charge < -0.3 is 5.32 Å². The Kier molecular flexibility index (Phi) is 4.41. The van der Waals surface area contributed by atoms with Crippen LogP contribution in [0.4, 0.5) is 0 Å². The van der Waals surface area contributed by atoms with Crippen molar-refractivity contribution in [2.75, 3.05) is 11.5 Å². The molecular weight excluding hydrogens is 278 g/mol. The molecule has 3 heterocycles. The van der Waals surface area contributed by atoms with Gasteiger partial charge in [0.2, 0.25) is 0 Å². The number of rotatable bonds is 4. The van der Waals surface area contributed by atoms with E-state index in [9.17, 15) is 0 Å². The second kappa shape index (κ2) is 6.24. The van der Waals surface area contributed by atoms with E-state index in [4.69, 9.17) is 0 Å². The largest absolute Gasteiger partial charge is 0.308 e. The van der Waals surface area contributed by atoms with Crippen molar-refractivity contribution in [2.24, 2.45) is 0 Å². The zero-order valence-corrected chi connectivity index (χ0v) is 12.7. The third-order valence-corrected chi connectivity index (χ3v) is 6.26. The van der Waals surface area contributed by atoms with Crippen molar-refractivity contribution in [2.45, 2.75) is 25.4 Å². The summed E-state index contributed by atoms with van der Waals surface area (Å²) in [6, 6.07) is 7.37. The fourth-order valence-corrected chi connectivity index (χ4v) is 4.92. The van der Waals surface area contributed by atoms with Gasteiger partial charge in [-0.05, 0) is 41.5 Å². The molecule has 0 radical (unpaired) electrons. The van der Waals surface area contributed by atoms with Gasteiger partial charge in [0.15, 0.2) is 0 Å². The maximum Gasteiger partial charge on any atom is 0.0351 e. The summed E-state index contributed by atoms with van der Waals surface area (Å²) < 4.78 is 0. The second-order valence-electron chi connectivity index (χ2n) is 4.57. The molecule has 1 aliphatic rings. The maximum absolute atomic E-state index is 3.69. The molecule has 1 nitrogen and oxygen atoms in total. The summed E-state index contributed by atoms with van der Waals surface area (Å²) in [7, 11) is 0. The van der Waals surface area contributed by atoms with E-state index >= 15 is 0 Å². The fraction of sp³-hybridized carbons (Fsp3) is 0.429. The molecular formula is C14H17NS3. The molecule has 0 amide bonds. The molecule has 1 saturated heterocycles. The highest BCUT2D eigenvalue weighted by Gasteiger charge is 2.13. The van der Waals surface area contributed by atoms with Gasteiger partial charge in [0.05, 0.1) is 0 Å². The zero-order chi connectivity index (χ0) is 12.2. The minimum atomic E-state index is 0.719. The molecule has 18 heavy (non-hydrogen) atoms. The van der Waals surface area contributed by atoms with Crippen LogP contribution in [0.1, 0.15) is 17.7 Å². The van der Waals surface area contributed by atoms with Gasteiger partial charge in [0.1, 0.15) is 0 Å². The molecule has 2 aromatic rings. The summed E-state index contributed by atoms with van der Waals surface area (Å²) in [6.45, 7) is 1.03. The van der Waals surface area contributed by atoms with Gasteiger partial charge in [-0.15, -0.1) is 22.7 Å². The Bertz CT molecular complexity index is 469. The van der Waals surface area contributed by atoms with Crippen LogP contribution in [-0.4, -0.2) is 17.5 Å². The number of thiophene rings is 2. The molecule has 0 saturated carbocycles. The van der Waals surface area contributed by atoms with Gasteiger partial charge in [0.25, 0.3) is 0 Å². The van der Waals surface area contributed by atoms with Crippen molar-refractivity contribution in [3.63, 3.8) is 0 Å². The van der Waals surface area contributed by atoms with Crippen LogP contribution in [0.25, 0.3) is 10.4 Å². The van der Waals surface area contributed by atoms with E-state index < -0.39 is 0 Å². The molecule has 1 fully saturated rings. The van der Waals surface area contributed by atoms with E-state index in [1.165, 1.54) is 39.7 Å². The predicted molar refractivity (Wildman–Crippen MR) is 84.8 cm³/mol. The van der Waals surface area contributed by atoms with Gasteiger partial charge in [-0.1, -0.05) is 6.07 Å². The summed E-state index contributed by atoms with van der Waals surface area (Å²) in [5.41, 5.74) is 1.38. The van der Waals surface area contributed by atoms with Crippen molar-refractivity contribution in [1.29, 1.82) is 0 Å². The first-order valence-corrected chi connectivity index (χ1v) is 9.25. The molecule has 1 atom stereocenters. The highest BCUT2D eigenvalue weighted by Crippen LogP contribution is 2.29. The van der Waals surface area contributed by atoms with Crippen molar-refractivity contribution in [3.8, 4) is 10.4 Å². The molecule has 0 aliphatic carbocycles. The number of hydrogen-bond donors (Lipinski definition) is 1. The lowest BCUT2D eigenvalue weighted by molar-refractivity contribution is 0.510. The van der Waals surface area contributed by atoms with Crippen LogP contribution in [0.2, 0.25) is 0 Å². The first-order chi connectivity index (χ1) is 8.92. The van der Waals surface area contributed by atoms with Gasteiger partial charge in [0, 0.05) is 33.7 Å². The average Bonchev–Trinajstić information content (AvgIpc) is 3.08. The quantitative estimate of drug-likeness (QED) is 0.893. The second-order valence-corrected chi connectivity index (χ2v) is 7.67. The summed E-state index contributed by atoms with van der Waals surface area (Å²) in [4.78, 5) is 2.83. The molecule has 1 unspecified atom stereocenters. The summed E-state index contributed by atoms with van der Waals surface area (Å²) in [5.74, 6) is 2.63. The Morgan fingerprint density at radius 1 is 1.33 bits per heavy atom. The normalized spacial score (nSPS) is 20.1. The van der Waals surface area contributed by atoms with E-state index in [1.54, 1.807) is 0 Å². The standard InChI is InChI=1S/C14H17NS3/c1-3-12(10-16-5-1)15-8-13-7-11(9-18-13)14-4-2-6-17-14/h2,4,6-7,9,12,15H,1,3,5,8,10H2. The lowest BCUT2D eigenvalue weighted by Crippen LogP contribution is -2.32. The maximum atomic E-state index is 3.69. The molecule has 3 rings (SSSR count). The lowest BCUT2D eigenvalue weighted by atomic mass is 10.2. The minimum absolute atomic E-state index is 0.719. The summed E-state index contributed by atoms with van der Waals surface area (Å²) in [6.07, 6.45) is 2.71. The minimum Gasteiger partial charge on any atom is -0.308 e. The molecule has 0 bridgehead atoms. The van der Waals surface area contributed by atoms with Gasteiger partial charge in [-0.3, -0.25) is 0 Å². The Morgan fingerprint density at radius 3 is 3.11 bits per heavy atom. The van der Waals surface area contributed by atoms with Crippen LogP contribution < -0.4 is 5.32 Å². The average molecular weight is 295 g/mol. The molecule has 4 heteroatoms.